The molecular formula is C21H22BrIN2O2S. The molecule has 3 aromatic rings. The Hall–Kier alpha value is -1.16. The van der Waals surface area contributed by atoms with E-state index in [9.17, 15) is 0 Å². The van der Waals surface area contributed by atoms with E-state index in [1.807, 2.05) is 18.2 Å². The van der Waals surface area contributed by atoms with Gasteiger partial charge in [-0.25, -0.2) is 4.98 Å². The fourth-order valence-electron chi connectivity index (χ4n) is 2.84. The maximum Gasteiger partial charge on any atom is 0.188 e. The maximum atomic E-state index is 5.49. The summed E-state index contributed by atoms with van der Waals surface area (Å²) in [7, 11) is 3.75. The van der Waals surface area contributed by atoms with Crippen molar-refractivity contribution >= 4 is 77.9 Å². The summed E-state index contributed by atoms with van der Waals surface area (Å²) in [4.78, 5) is 7.08. The molecule has 0 saturated heterocycles. The highest BCUT2D eigenvalue weighted by Gasteiger charge is 2.09. The Morgan fingerprint density at radius 3 is 2.79 bits per heavy atom. The molecule has 0 atom stereocenters. The van der Waals surface area contributed by atoms with E-state index in [0.29, 0.717) is 0 Å². The van der Waals surface area contributed by atoms with Crippen molar-refractivity contribution in [3.63, 3.8) is 0 Å². The van der Waals surface area contributed by atoms with Crippen LogP contribution in [0.2, 0.25) is 0 Å². The lowest BCUT2D eigenvalue weighted by Gasteiger charge is -2.20. The van der Waals surface area contributed by atoms with Gasteiger partial charge in [0.05, 0.1) is 14.7 Å². The minimum atomic E-state index is 0.230. The Kier molecular flexibility index (Phi) is 7.73. The van der Waals surface area contributed by atoms with E-state index in [0.717, 1.165) is 37.3 Å². The standard InChI is InChI=1S/C21H22BrIN2O2S/c1-14-10-17-20(12-18(14)25(2)9-8-23)28-21(24-17)7-5-15-4-6-19(16(22)11-15)27-13-26-3/h4-7,10-12H,8-9,13H2,1-3H3/b7-5+. The van der Waals surface area contributed by atoms with E-state index >= 15 is 0 Å². The summed E-state index contributed by atoms with van der Waals surface area (Å²) in [6.45, 7) is 3.42. The molecule has 3 rings (SSSR count). The predicted molar refractivity (Wildman–Crippen MR) is 132 cm³/mol. The number of methoxy groups -OCH3 is 1. The lowest BCUT2D eigenvalue weighted by molar-refractivity contribution is 0.0506. The molecule has 4 nitrogen and oxygen atoms in total. The molecule has 1 heterocycles. The Labute approximate surface area is 191 Å². The van der Waals surface area contributed by atoms with Crippen molar-refractivity contribution in [1.82, 2.24) is 4.98 Å². The van der Waals surface area contributed by atoms with Crippen LogP contribution < -0.4 is 9.64 Å². The summed E-state index contributed by atoms with van der Waals surface area (Å²) < 4.78 is 13.7. The minimum Gasteiger partial charge on any atom is -0.466 e. The van der Waals surface area contributed by atoms with Crippen molar-refractivity contribution in [3.05, 3.63) is 50.9 Å². The summed E-state index contributed by atoms with van der Waals surface area (Å²) in [5.74, 6) is 0.762. The predicted octanol–water partition coefficient (Wildman–Crippen LogP) is 6.39. The molecular weight excluding hydrogens is 551 g/mol. The van der Waals surface area contributed by atoms with Crippen molar-refractivity contribution in [3.8, 4) is 5.75 Å². The van der Waals surface area contributed by atoms with Crippen molar-refractivity contribution in [2.75, 3.05) is 36.8 Å². The van der Waals surface area contributed by atoms with Gasteiger partial charge in [0.15, 0.2) is 6.79 Å². The Bertz CT molecular complexity index is 990. The number of benzene rings is 2. The molecule has 0 spiro atoms. The van der Waals surface area contributed by atoms with Crippen LogP contribution >= 0.6 is 49.9 Å². The summed E-state index contributed by atoms with van der Waals surface area (Å²) in [6.07, 6.45) is 4.13. The van der Waals surface area contributed by atoms with Gasteiger partial charge in [-0.1, -0.05) is 34.7 Å². The lowest BCUT2D eigenvalue weighted by atomic mass is 10.1. The summed E-state index contributed by atoms with van der Waals surface area (Å²) in [5, 5.41) is 0.999. The molecule has 0 bridgehead atoms. The average Bonchev–Trinajstić information content (AvgIpc) is 3.06. The zero-order chi connectivity index (χ0) is 20.1. The van der Waals surface area contributed by atoms with E-state index in [-0.39, 0.29) is 6.79 Å². The minimum absolute atomic E-state index is 0.230. The molecule has 7 heteroatoms. The highest BCUT2D eigenvalue weighted by molar-refractivity contribution is 14.1. The number of aryl methyl sites for hydroxylation is 1. The molecule has 0 amide bonds. The van der Waals surface area contributed by atoms with Gasteiger partial charge in [0.25, 0.3) is 0 Å². The van der Waals surface area contributed by atoms with Gasteiger partial charge in [0, 0.05) is 30.8 Å². The SMILES string of the molecule is COCOc1ccc(/C=C/c2nc3cc(C)c(N(C)CCI)cc3s2)cc1Br. The fourth-order valence-corrected chi connectivity index (χ4v) is 4.96. The van der Waals surface area contributed by atoms with Crippen molar-refractivity contribution in [2.24, 2.45) is 0 Å². The van der Waals surface area contributed by atoms with Crippen LogP contribution in [0.1, 0.15) is 16.1 Å². The molecule has 1 aromatic heterocycles. The summed E-state index contributed by atoms with van der Waals surface area (Å²) >= 11 is 7.67. The Morgan fingerprint density at radius 2 is 2.07 bits per heavy atom. The molecule has 0 aliphatic carbocycles. The molecule has 0 N–H and O–H groups in total. The number of rotatable bonds is 8. The van der Waals surface area contributed by atoms with Gasteiger partial charge in [-0.3, -0.25) is 0 Å². The fraction of sp³-hybridized carbons (Fsp3) is 0.286. The van der Waals surface area contributed by atoms with Crippen LogP contribution in [0.4, 0.5) is 5.69 Å². The number of fused-ring (bicyclic) bond motifs is 1. The first kappa shape index (κ1) is 21.5. The molecule has 0 unspecified atom stereocenters. The normalized spacial score (nSPS) is 11.5. The smallest absolute Gasteiger partial charge is 0.188 e. The third-order valence-corrected chi connectivity index (χ3v) is 6.35. The molecule has 2 aromatic carbocycles. The number of hydrogen-bond donors (Lipinski definition) is 0. The Balaban J connectivity index is 1.81. The number of thiazole rings is 1. The topological polar surface area (TPSA) is 34.6 Å². The van der Waals surface area contributed by atoms with Gasteiger partial charge in [-0.2, -0.15) is 0 Å². The number of hydrogen-bond acceptors (Lipinski definition) is 5. The Morgan fingerprint density at radius 1 is 1.25 bits per heavy atom. The van der Waals surface area contributed by atoms with E-state index in [1.165, 1.54) is 16.0 Å². The highest BCUT2D eigenvalue weighted by Crippen LogP contribution is 2.31. The van der Waals surface area contributed by atoms with Crippen molar-refractivity contribution in [2.45, 2.75) is 6.92 Å². The second-order valence-corrected chi connectivity index (χ2v) is 9.34. The number of anilines is 1. The number of halogens is 2. The van der Waals surface area contributed by atoms with Gasteiger partial charge in [0.2, 0.25) is 0 Å². The van der Waals surface area contributed by atoms with E-state index < -0.39 is 0 Å². The first-order valence-corrected chi connectivity index (χ1v) is 11.9. The van der Waals surface area contributed by atoms with Gasteiger partial charge in [-0.15, -0.1) is 11.3 Å². The maximum absolute atomic E-state index is 5.49. The monoisotopic (exact) mass is 572 g/mol. The average molecular weight is 573 g/mol. The highest BCUT2D eigenvalue weighted by atomic mass is 127. The van der Waals surface area contributed by atoms with Gasteiger partial charge in [-0.05, 0) is 64.3 Å². The zero-order valence-electron chi connectivity index (χ0n) is 16.0. The van der Waals surface area contributed by atoms with Crippen LogP contribution in [-0.4, -0.2) is 36.9 Å². The number of aromatic nitrogens is 1. The quantitative estimate of drug-likeness (QED) is 0.178. The van der Waals surface area contributed by atoms with Crippen molar-refractivity contribution < 1.29 is 9.47 Å². The van der Waals surface area contributed by atoms with Crippen LogP contribution in [0.25, 0.3) is 22.4 Å². The molecule has 0 aliphatic rings. The van der Waals surface area contributed by atoms with Crippen LogP contribution in [-0.2, 0) is 4.74 Å². The zero-order valence-corrected chi connectivity index (χ0v) is 20.6. The third-order valence-electron chi connectivity index (χ3n) is 4.26. The van der Waals surface area contributed by atoms with Gasteiger partial charge < -0.3 is 14.4 Å². The number of ether oxygens (including phenoxy) is 2. The van der Waals surface area contributed by atoms with Crippen LogP contribution in [0.5, 0.6) is 5.75 Å². The molecule has 0 aliphatic heterocycles. The number of alkyl halides is 1. The second-order valence-electron chi connectivity index (χ2n) is 6.34. The molecule has 0 fully saturated rings. The van der Waals surface area contributed by atoms with Crippen molar-refractivity contribution in [1.29, 1.82) is 0 Å². The van der Waals surface area contributed by atoms with Crippen LogP contribution in [0.3, 0.4) is 0 Å². The lowest BCUT2D eigenvalue weighted by Crippen LogP contribution is -2.20. The summed E-state index contributed by atoms with van der Waals surface area (Å²) in [6, 6.07) is 10.4. The summed E-state index contributed by atoms with van der Waals surface area (Å²) in [5.41, 5.74) is 4.67. The third kappa shape index (κ3) is 5.25. The van der Waals surface area contributed by atoms with E-state index in [4.69, 9.17) is 14.5 Å². The molecule has 28 heavy (non-hydrogen) atoms. The van der Waals surface area contributed by atoms with Crippen LogP contribution in [0.15, 0.2) is 34.8 Å². The number of nitrogens with zero attached hydrogens (tertiary/aromatic N) is 2. The second kappa shape index (κ2) is 10.0. The van der Waals surface area contributed by atoms with Crippen LogP contribution in [0, 0.1) is 6.92 Å². The first-order valence-electron chi connectivity index (χ1n) is 8.79. The molecule has 148 valence electrons. The molecule has 0 saturated carbocycles. The van der Waals surface area contributed by atoms with E-state index in [2.05, 4.69) is 81.7 Å². The van der Waals surface area contributed by atoms with E-state index in [1.54, 1.807) is 18.4 Å². The first-order chi connectivity index (χ1) is 13.5. The van der Waals surface area contributed by atoms with Gasteiger partial charge >= 0.3 is 0 Å². The molecule has 0 radical (unpaired) electrons. The largest absolute Gasteiger partial charge is 0.466 e. The van der Waals surface area contributed by atoms with Gasteiger partial charge in [0.1, 0.15) is 10.8 Å².